The summed E-state index contributed by atoms with van der Waals surface area (Å²) >= 11 is 0. The van der Waals surface area contributed by atoms with E-state index in [1.807, 2.05) is 0 Å². The predicted octanol–water partition coefficient (Wildman–Crippen LogP) is 2.57. The molecule has 0 spiro atoms. The Morgan fingerprint density at radius 3 is 2.45 bits per heavy atom. The number of carbonyl (C=O) groups excluding carboxylic acids is 2. The maximum Gasteiger partial charge on any atom is 0.328 e. The highest BCUT2D eigenvalue weighted by Gasteiger charge is 2.27. The first-order chi connectivity index (χ1) is 10.6. The lowest BCUT2D eigenvalue weighted by Gasteiger charge is -2.28. The van der Waals surface area contributed by atoms with Crippen LogP contribution in [-0.4, -0.2) is 37.2 Å². The molecule has 5 heteroatoms. The fourth-order valence-electron chi connectivity index (χ4n) is 3.53. The average molecular weight is 311 g/mol. The summed E-state index contributed by atoms with van der Waals surface area (Å²) in [6.07, 6.45) is 9.01. The summed E-state index contributed by atoms with van der Waals surface area (Å²) in [6, 6.07) is -0.572. The zero-order chi connectivity index (χ0) is 15.9. The Hall–Kier alpha value is -1.10. The van der Waals surface area contributed by atoms with E-state index in [0.717, 1.165) is 38.5 Å². The highest BCUT2D eigenvalue weighted by Crippen LogP contribution is 2.27. The lowest BCUT2D eigenvalue weighted by molar-refractivity contribution is -0.156. The summed E-state index contributed by atoms with van der Waals surface area (Å²) in [7, 11) is 1.70. The molecule has 1 amide bonds. The molecule has 3 atom stereocenters. The van der Waals surface area contributed by atoms with Crippen LogP contribution in [-0.2, 0) is 19.1 Å². The minimum atomic E-state index is -0.572. The van der Waals surface area contributed by atoms with E-state index in [9.17, 15) is 9.59 Å². The monoisotopic (exact) mass is 311 g/mol. The molecule has 0 aliphatic heterocycles. The van der Waals surface area contributed by atoms with Crippen LogP contribution in [0.4, 0.5) is 0 Å². The Labute approximate surface area is 133 Å². The van der Waals surface area contributed by atoms with Gasteiger partial charge in [0.2, 0.25) is 5.91 Å². The van der Waals surface area contributed by atoms with Gasteiger partial charge >= 0.3 is 5.97 Å². The van der Waals surface area contributed by atoms with E-state index >= 15 is 0 Å². The summed E-state index contributed by atoms with van der Waals surface area (Å²) in [5, 5.41) is 2.78. The first-order valence-electron chi connectivity index (χ1n) is 8.61. The highest BCUT2D eigenvalue weighted by atomic mass is 16.5. The van der Waals surface area contributed by atoms with Crippen LogP contribution in [0.15, 0.2) is 0 Å². The summed E-state index contributed by atoms with van der Waals surface area (Å²) in [4.78, 5) is 24.1. The van der Waals surface area contributed by atoms with Crippen molar-refractivity contribution in [2.45, 2.75) is 83.0 Å². The van der Waals surface area contributed by atoms with Gasteiger partial charge in [-0.1, -0.05) is 12.8 Å². The van der Waals surface area contributed by atoms with E-state index in [2.05, 4.69) is 5.32 Å². The molecule has 0 saturated heterocycles. The zero-order valence-electron chi connectivity index (χ0n) is 13.8. The quantitative estimate of drug-likeness (QED) is 0.766. The van der Waals surface area contributed by atoms with Crippen molar-refractivity contribution < 1.29 is 19.1 Å². The van der Waals surface area contributed by atoms with E-state index in [4.69, 9.17) is 9.47 Å². The molecule has 22 heavy (non-hydrogen) atoms. The highest BCUT2D eigenvalue weighted by molar-refractivity contribution is 5.84. The summed E-state index contributed by atoms with van der Waals surface area (Å²) < 4.78 is 10.9. The molecule has 0 heterocycles. The molecule has 2 saturated carbocycles. The van der Waals surface area contributed by atoms with Crippen molar-refractivity contribution in [2.24, 2.45) is 5.92 Å². The molecule has 126 valence electrons. The molecule has 2 aliphatic rings. The van der Waals surface area contributed by atoms with Gasteiger partial charge in [-0.15, -0.1) is 0 Å². The second-order valence-corrected chi connectivity index (χ2v) is 6.73. The van der Waals surface area contributed by atoms with Crippen molar-refractivity contribution in [1.82, 2.24) is 5.32 Å². The fourth-order valence-corrected chi connectivity index (χ4v) is 3.53. The lowest BCUT2D eigenvalue weighted by atomic mass is 9.95. The molecule has 0 bridgehead atoms. The molecule has 0 unspecified atom stereocenters. The normalized spacial score (nSPS) is 27.4. The number of hydrogen-bond acceptors (Lipinski definition) is 4. The molecule has 0 aromatic rings. The molecule has 2 rings (SSSR count). The second-order valence-electron chi connectivity index (χ2n) is 6.73. The van der Waals surface area contributed by atoms with E-state index in [1.165, 1.54) is 12.8 Å². The molecule has 5 nitrogen and oxygen atoms in total. The lowest BCUT2D eigenvalue weighted by Crippen LogP contribution is -2.42. The molecule has 0 radical (unpaired) electrons. The number of rotatable bonds is 6. The number of ether oxygens (including phenoxy) is 2. The van der Waals surface area contributed by atoms with Gasteiger partial charge in [0.05, 0.1) is 6.10 Å². The topological polar surface area (TPSA) is 64.6 Å². The van der Waals surface area contributed by atoms with Gasteiger partial charge in [0, 0.05) is 20.0 Å². The van der Waals surface area contributed by atoms with Gasteiger partial charge in [-0.2, -0.15) is 0 Å². The summed E-state index contributed by atoms with van der Waals surface area (Å²) in [5.74, 6) is 0.125. The van der Waals surface area contributed by atoms with E-state index in [1.54, 1.807) is 14.0 Å². The van der Waals surface area contributed by atoms with E-state index in [-0.39, 0.29) is 24.1 Å². The van der Waals surface area contributed by atoms with E-state index < -0.39 is 6.04 Å². The Morgan fingerprint density at radius 2 is 1.77 bits per heavy atom. The largest absolute Gasteiger partial charge is 0.461 e. The van der Waals surface area contributed by atoms with Crippen LogP contribution < -0.4 is 5.32 Å². The van der Waals surface area contributed by atoms with E-state index in [0.29, 0.717) is 12.3 Å². The predicted molar refractivity (Wildman–Crippen MR) is 83.3 cm³/mol. The van der Waals surface area contributed by atoms with Crippen molar-refractivity contribution in [1.29, 1.82) is 0 Å². The smallest absolute Gasteiger partial charge is 0.328 e. The number of hydrogen-bond donors (Lipinski definition) is 1. The van der Waals surface area contributed by atoms with Gasteiger partial charge < -0.3 is 14.8 Å². The number of nitrogens with one attached hydrogen (secondary N) is 1. The number of methoxy groups -OCH3 is 1. The van der Waals surface area contributed by atoms with Gasteiger partial charge in [0.1, 0.15) is 12.1 Å². The third kappa shape index (κ3) is 5.27. The van der Waals surface area contributed by atoms with Crippen LogP contribution in [0.1, 0.15) is 64.7 Å². The minimum absolute atomic E-state index is 0.0326. The average Bonchev–Trinajstić information content (AvgIpc) is 3.00. The van der Waals surface area contributed by atoms with Crippen molar-refractivity contribution >= 4 is 11.9 Å². The maximum absolute atomic E-state index is 12.1. The summed E-state index contributed by atoms with van der Waals surface area (Å²) in [5.41, 5.74) is 0. The van der Waals surface area contributed by atoms with Crippen LogP contribution in [0.3, 0.4) is 0 Å². The Kier molecular flexibility index (Phi) is 6.68. The molecule has 0 aromatic heterocycles. The Balaban J connectivity index is 1.70. The van der Waals surface area contributed by atoms with Gasteiger partial charge in [-0.3, -0.25) is 4.79 Å². The number of carbonyl (C=O) groups is 2. The molecule has 2 aliphatic carbocycles. The first-order valence-corrected chi connectivity index (χ1v) is 8.61. The zero-order valence-corrected chi connectivity index (χ0v) is 13.8. The fraction of sp³-hybridized carbons (Fsp3) is 0.882. The third-order valence-electron chi connectivity index (χ3n) is 4.87. The molecule has 1 N–H and O–H groups in total. The third-order valence-corrected chi connectivity index (χ3v) is 4.87. The van der Waals surface area contributed by atoms with Gasteiger partial charge in [-0.25, -0.2) is 4.79 Å². The number of esters is 1. The Morgan fingerprint density at radius 1 is 1.09 bits per heavy atom. The first kappa shape index (κ1) is 17.3. The van der Waals surface area contributed by atoms with Gasteiger partial charge in [-0.05, 0) is 44.9 Å². The van der Waals surface area contributed by atoms with Crippen molar-refractivity contribution in [3.63, 3.8) is 0 Å². The maximum atomic E-state index is 12.1. The molecular weight excluding hydrogens is 282 g/mol. The van der Waals surface area contributed by atoms with Crippen molar-refractivity contribution in [2.75, 3.05) is 7.11 Å². The minimum Gasteiger partial charge on any atom is -0.461 e. The van der Waals surface area contributed by atoms with Crippen LogP contribution in [0, 0.1) is 5.92 Å². The van der Waals surface area contributed by atoms with Crippen LogP contribution in [0.2, 0.25) is 0 Å². The molecule has 2 fully saturated rings. The SMILES string of the molecule is CO[C@@H]1CCC[C@H](OC(=O)[C@@H](C)NC(=O)CC2CCCC2)C1. The van der Waals surface area contributed by atoms with Gasteiger partial charge in [0.25, 0.3) is 0 Å². The molecular formula is C17H29NO4. The van der Waals surface area contributed by atoms with Gasteiger partial charge in [0.15, 0.2) is 0 Å². The van der Waals surface area contributed by atoms with Crippen LogP contribution in [0.25, 0.3) is 0 Å². The van der Waals surface area contributed by atoms with Crippen molar-refractivity contribution in [3.05, 3.63) is 0 Å². The number of amides is 1. The van der Waals surface area contributed by atoms with Crippen LogP contribution >= 0.6 is 0 Å². The van der Waals surface area contributed by atoms with Crippen LogP contribution in [0.5, 0.6) is 0 Å². The Bertz CT molecular complexity index is 379. The summed E-state index contributed by atoms with van der Waals surface area (Å²) in [6.45, 7) is 1.70. The second kappa shape index (κ2) is 8.51. The van der Waals surface area contributed by atoms with Crippen molar-refractivity contribution in [3.8, 4) is 0 Å². The molecule has 0 aromatic carbocycles. The standard InChI is InChI=1S/C17H29NO4/c1-12(18-16(19)10-13-6-3-4-7-13)17(20)22-15-9-5-8-14(11-15)21-2/h12-15H,3-11H2,1-2H3,(H,18,19)/t12-,14-,15+/m1/s1.